The number of carboxylic acid groups (broad SMARTS) is 1. The maximum absolute atomic E-state index is 10.5. The Bertz CT molecular complexity index is 690. The molecule has 5 nitrogen and oxygen atoms in total. The number of carboxylic acids is 1. The Morgan fingerprint density at radius 3 is 2.60 bits per heavy atom. The molecule has 3 N–H and O–H groups in total. The van der Waals surface area contributed by atoms with Gasteiger partial charge in [0, 0.05) is 17.6 Å². The summed E-state index contributed by atoms with van der Waals surface area (Å²) in [6.45, 7) is 2.12. The molecule has 0 saturated carbocycles. The zero-order valence-corrected chi connectivity index (χ0v) is 14.7. The van der Waals surface area contributed by atoms with E-state index in [0.717, 1.165) is 17.5 Å². The van der Waals surface area contributed by atoms with E-state index in [4.69, 9.17) is 21.4 Å². The van der Waals surface area contributed by atoms with E-state index in [1.807, 2.05) is 31.2 Å². The van der Waals surface area contributed by atoms with Crippen LogP contribution in [0.4, 0.5) is 0 Å². The molecular formula is C19H22ClNO4. The molecule has 0 aliphatic carbocycles. The third-order valence-electron chi connectivity index (χ3n) is 3.72. The molecule has 0 heterocycles. The highest BCUT2D eigenvalue weighted by Crippen LogP contribution is 2.18. The van der Waals surface area contributed by atoms with Crippen molar-refractivity contribution in [2.75, 3.05) is 13.2 Å². The summed E-state index contributed by atoms with van der Waals surface area (Å²) < 4.78 is 5.11. The SMILES string of the molecule is C[C@@H](Cc1ccc(OCC(=O)O)cc1)NC[C@H](O)c1cccc(Cl)c1. The Labute approximate surface area is 152 Å². The van der Waals surface area contributed by atoms with Gasteiger partial charge in [-0.1, -0.05) is 35.9 Å². The lowest BCUT2D eigenvalue weighted by Crippen LogP contribution is -2.32. The van der Waals surface area contributed by atoms with Crippen LogP contribution in [0.5, 0.6) is 5.75 Å². The summed E-state index contributed by atoms with van der Waals surface area (Å²) in [7, 11) is 0. The van der Waals surface area contributed by atoms with Gasteiger partial charge < -0.3 is 20.3 Å². The highest BCUT2D eigenvalue weighted by atomic mass is 35.5. The molecule has 2 aromatic carbocycles. The molecule has 0 aromatic heterocycles. The zero-order chi connectivity index (χ0) is 18.2. The van der Waals surface area contributed by atoms with E-state index >= 15 is 0 Å². The summed E-state index contributed by atoms with van der Waals surface area (Å²) in [5, 5.41) is 22.7. The van der Waals surface area contributed by atoms with Gasteiger partial charge in [0.25, 0.3) is 0 Å². The van der Waals surface area contributed by atoms with Crippen molar-refractivity contribution in [1.82, 2.24) is 5.32 Å². The second kappa shape index (κ2) is 9.42. The molecule has 2 aromatic rings. The van der Waals surface area contributed by atoms with Crippen LogP contribution in [0.3, 0.4) is 0 Å². The topological polar surface area (TPSA) is 78.8 Å². The number of aliphatic hydroxyl groups excluding tert-OH is 1. The third kappa shape index (κ3) is 6.74. The number of hydrogen-bond donors (Lipinski definition) is 3. The average Bonchev–Trinajstić information content (AvgIpc) is 2.59. The first-order valence-corrected chi connectivity index (χ1v) is 8.42. The van der Waals surface area contributed by atoms with Crippen molar-refractivity contribution in [1.29, 1.82) is 0 Å². The number of hydrogen-bond acceptors (Lipinski definition) is 4. The number of halogens is 1. The van der Waals surface area contributed by atoms with Crippen molar-refractivity contribution >= 4 is 17.6 Å². The molecule has 2 rings (SSSR count). The van der Waals surface area contributed by atoms with Gasteiger partial charge >= 0.3 is 5.97 Å². The van der Waals surface area contributed by atoms with E-state index in [9.17, 15) is 9.90 Å². The first-order valence-electron chi connectivity index (χ1n) is 8.04. The van der Waals surface area contributed by atoms with Crippen molar-refractivity contribution in [2.45, 2.75) is 25.5 Å². The van der Waals surface area contributed by atoms with Gasteiger partial charge in [-0.15, -0.1) is 0 Å². The Hall–Kier alpha value is -2.08. The van der Waals surface area contributed by atoms with Crippen molar-refractivity contribution in [3.63, 3.8) is 0 Å². The quantitative estimate of drug-likeness (QED) is 0.638. The van der Waals surface area contributed by atoms with Crippen LogP contribution >= 0.6 is 11.6 Å². The second-order valence-corrected chi connectivity index (χ2v) is 6.35. The summed E-state index contributed by atoms with van der Waals surface area (Å²) in [6, 6.07) is 14.7. The maximum atomic E-state index is 10.5. The lowest BCUT2D eigenvalue weighted by Gasteiger charge is -2.18. The van der Waals surface area contributed by atoms with Crippen LogP contribution in [0.2, 0.25) is 5.02 Å². The number of aliphatic hydroxyl groups is 1. The van der Waals surface area contributed by atoms with E-state index in [1.54, 1.807) is 24.3 Å². The lowest BCUT2D eigenvalue weighted by atomic mass is 10.1. The molecule has 0 unspecified atom stereocenters. The molecule has 0 aliphatic rings. The Morgan fingerprint density at radius 1 is 1.24 bits per heavy atom. The Kier molecular flexibility index (Phi) is 7.25. The van der Waals surface area contributed by atoms with Gasteiger partial charge in [-0.05, 0) is 48.7 Å². The van der Waals surface area contributed by atoms with Crippen molar-refractivity contribution in [2.24, 2.45) is 0 Å². The van der Waals surface area contributed by atoms with E-state index in [0.29, 0.717) is 17.3 Å². The first-order chi connectivity index (χ1) is 11.9. The minimum absolute atomic E-state index is 0.166. The normalized spacial score (nSPS) is 13.2. The van der Waals surface area contributed by atoms with Crippen LogP contribution in [-0.2, 0) is 11.2 Å². The highest BCUT2D eigenvalue weighted by molar-refractivity contribution is 6.30. The largest absolute Gasteiger partial charge is 0.482 e. The third-order valence-corrected chi connectivity index (χ3v) is 3.96. The van der Waals surface area contributed by atoms with Crippen molar-refractivity contribution in [3.05, 3.63) is 64.7 Å². The zero-order valence-electron chi connectivity index (χ0n) is 14.0. The lowest BCUT2D eigenvalue weighted by molar-refractivity contribution is -0.139. The molecule has 0 aliphatic heterocycles. The minimum atomic E-state index is -1.000. The Morgan fingerprint density at radius 2 is 1.96 bits per heavy atom. The van der Waals surface area contributed by atoms with Gasteiger partial charge in [0.15, 0.2) is 6.61 Å². The van der Waals surface area contributed by atoms with Gasteiger partial charge in [0.2, 0.25) is 0 Å². The van der Waals surface area contributed by atoms with Crippen LogP contribution in [-0.4, -0.2) is 35.4 Å². The molecular weight excluding hydrogens is 342 g/mol. The number of aliphatic carboxylic acids is 1. The molecule has 0 fully saturated rings. The summed E-state index contributed by atoms with van der Waals surface area (Å²) in [4.78, 5) is 10.5. The summed E-state index contributed by atoms with van der Waals surface area (Å²) in [5.74, 6) is -0.469. The molecule has 134 valence electrons. The molecule has 25 heavy (non-hydrogen) atoms. The molecule has 0 saturated heterocycles. The molecule has 6 heteroatoms. The molecule has 2 atom stereocenters. The summed E-state index contributed by atoms with van der Waals surface area (Å²) in [6.07, 6.45) is 0.162. The average molecular weight is 364 g/mol. The predicted octanol–water partition coefficient (Wildman–Crippen LogP) is 3.06. The highest BCUT2D eigenvalue weighted by Gasteiger charge is 2.10. The van der Waals surface area contributed by atoms with Gasteiger partial charge in [-0.25, -0.2) is 4.79 Å². The molecule has 0 amide bonds. The molecule has 0 bridgehead atoms. The number of rotatable bonds is 9. The van der Waals surface area contributed by atoms with Crippen LogP contribution in [0.15, 0.2) is 48.5 Å². The fourth-order valence-electron chi connectivity index (χ4n) is 2.44. The fraction of sp³-hybridized carbons (Fsp3) is 0.316. The van der Waals surface area contributed by atoms with E-state index in [-0.39, 0.29) is 12.6 Å². The summed E-state index contributed by atoms with van der Waals surface area (Å²) >= 11 is 5.94. The number of carbonyl (C=O) groups is 1. The van der Waals surface area contributed by atoms with E-state index in [2.05, 4.69) is 5.32 Å². The minimum Gasteiger partial charge on any atom is -0.482 e. The number of nitrogens with one attached hydrogen (secondary N) is 1. The number of ether oxygens (including phenoxy) is 1. The molecule has 0 radical (unpaired) electrons. The smallest absolute Gasteiger partial charge is 0.341 e. The van der Waals surface area contributed by atoms with Crippen molar-refractivity contribution in [3.8, 4) is 5.75 Å². The van der Waals surface area contributed by atoms with Crippen molar-refractivity contribution < 1.29 is 19.7 Å². The predicted molar refractivity (Wildman–Crippen MR) is 97.2 cm³/mol. The Balaban J connectivity index is 1.79. The maximum Gasteiger partial charge on any atom is 0.341 e. The van der Waals surface area contributed by atoms with E-state index in [1.165, 1.54) is 0 Å². The van der Waals surface area contributed by atoms with Crippen LogP contribution < -0.4 is 10.1 Å². The monoisotopic (exact) mass is 363 g/mol. The van der Waals surface area contributed by atoms with Gasteiger partial charge in [-0.3, -0.25) is 0 Å². The fourth-order valence-corrected chi connectivity index (χ4v) is 2.64. The van der Waals surface area contributed by atoms with Crippen LogP contribution in [0, 0.1) is 0 Å². The van der Waals surface area contributed by atoms with Gasteiger partial charge in [0.05, 0.1) is 6.10 Å². The standard InChI is InChI=1S/C19H22ClNO4/c1-13(21-11-18(22)15-3-2-4-16(20)10-15)9-14-5-7-17(8-6-14)25-12-19(23)24/h2-8,10,13,18,21-22H,9,11-12H2,1H3,(H,23,24)/t13-,18-/m0/s1. The van der Waals surface area contributed by atoms with Crippen LogP contribution in [0.25, 0.3) is 0 Å². The van der Waals surface area contributed by atoms with Gasteiger partial charge in [-0.2, -0.15) is 0 Å². The molecule has 0 spiro atoms. The number of benzene rings is 2. The summed E-state index contributed by atoms with van der Waals surface area (Å²) in [5.41, 5.74) is 1.88. The van der Waals surface area contributed by atoms with E-state index < -0.39 is 12.1 Å². The first kappa shape index (κ1) is 19.2. The van der Waals surface area contributed by atoms with Gasteiger partial charge in [0.1, 0.15) is 5.75 Å². The van der Waals surface area contributed by atoms with Crippen LogP contribution in [0.1, 0.15) is 24.2 Å². The second-order valence-electron chi connectivity index (χ2n) is 5.91.